The van der Waals surface area contributed by atoms with E-state index in [9.17, 15) is 0 Å². The Bertz CT molecular complexity index is 508. The molecule has 0 aromatic rings. The molecule has 0 spiro atoms. The molecule has 0 aromatic carbocycles. The minimum atomic E-state index is 1.02. The summed E-state index contributed by atoms with van der Waals surface area (Å²) in [4.78, 5) is 0. The molecule has 284 valence electrons. The average Bonchev–Trinajstić information content (AvgIpc) is 3.09. The van der Waals surface area contributed by atoms with E-state index in [1.54, 1.807) is 0 Å². The number of hydrogen-bond donors (Lipinski definition) is 0. The first-order chi connectivity index (χ1) is 23.3. The molecule has 0 aliphatic heterocycles. The maximum atomic E-state index is 2.44. The van der Waals surface area contributed by atoms with Gasteiger partial charge in [0.2, 0.25) is 0 Å². The molecule has 0 heteroatoms. The highest BCUT2D eigenvalue weighted by molar-refractivity contribution is 4.60. The quantitative estimate of drug-likeness (QED) is 0.0571. The Hall–Kier alpha value is 0. The van der Waals surface area contributed by atoms with E-state index in [4.69, 9.17) is 0 Å². The molecule has 0 amide bonds. The molecule has 1 atom stereocenters. The van der Waals surface area contributed by atoms with Gasteiger partial charge in [0.05, 0.1) is 0 Å². The third-order valence-electron chi connectivity index (χ3n) is 11.5. The Labute approximate surface area is 302 Å². The van der Waals surface area contributed by atoms with Crippen molar-refractivity contribution in [3.05, 3.63) is 0 Å². The van der Waals surface area contributed by atoms with Crippen molar-refractivity contribution < 1.29 is 0 Å². The van der Waals surface area contributed by atoms with Crippen molar-refractivity contribution >= 4 is 0 Å². The van der Waals surface area contributed by atoms with Crippen LogP contribution in [0.15, 0.2) is 0 Å². The van der Waals surface area contributed by atoms with Gasteiger partial charge in [0.1, 0.15) is 0 Å². The van der Waals surface area contributed by atoms with Crippen molar-refractivity contribution in [2.24, 2.45) is 5.92 Å². The molecule has 0 aromatic heterocycles. The van der Waals surface area contributed by atoms with Crippen molar-refractivity contribution in [1.82, 2.24) is 0 Å². The molecule has 0 aliphatic carbocycles. The van der Waals surface area contributed by atoms with Crippen LogP contribution in [0.5, 0.6) is 0 Å². The summed E-state index contributed by atoms with van der Waals surface area (Å²) in [6.07, 6.45) is 63.8. The Balaban J connectivity index is 3.23. The summed E-state index contributed by atoms with van der Waals surface area (Å²) in [7, 11) is 0. The highest BCUT2D eigenvalue weighted by Crippen LogP contribution is 2.22. The minimum Gasteiger partial charge on any atom is -0.0654 e. The van der Waals surface area contributed by atoms with Crippen LogP contribution in [0.4, 0.5) is 0 Å². The van der Waals surface area contributed by atoms with Gasteiger partial charge in [-0.1, -0.05) is 297 Å². The van der Waals surface area contributed by atoms with Crippen molar-refractivity contribution in [2.75, 3.05) is 0 Å². The monoisotopic (exact) mass is 661 g/mol. The lowest BCUT2D eigenvalue weighted by Crippen LogP contribution is -1.99. The summed E-state index contributed by atoms with van der Waals surface area (Å²) < 4.78 is 0. The minimum absolute atomic E-state index is 1.02. The lowest BCUT2D eigenvalue weighted by Gasteiger charge is -2.14. The van der Waals surface area contributed by atoms with Gasteiger partial charge in [-0.3, -0.25) is 0 Å². The second-order valence-corrected chi connectivity index (χ2v) is 16.3. The summed E-state index contributed by atoms with van der Waals surface area (Å²) in [6.45, 7) is 7.07. The van der Waals surface area contributed by atoms with Crippen molar-refractivity contribution in [2.45, 2.75) is 297 Å². The maximum Gasteiger partial charge on any atom is -0.0417 e. The Morgan fingerprint density at radius 2 is 0.340 bits per heavy atom. The van der Waals surface area contributed by atoms with Gasteiger partial charge in [0.25, 0.3) is 0 Å². The van der Waals surface area contributed by atoms with Gasteiger partial charge in [-0.05, 0) is 5.92 Å². The van der Waals surface area contributed by atoms with E-state index < -0.39 is 0 Å². The number of rotatable bonds is 43. The molecule has 0 rings (SSSR count). The molecule has 0 fully saturated rings. The standard InChI is InChI=1S/C47H96/c1-4-7-9-11-13-15-17-19-21-23-24-25-26-27-28-30-32-34-36-38-40-42-44-46-47(6-3)45-43-41-39-37-35-33-31-29-22-20-18-16-14-12-10-8-5-2/h47H,4-46H2,1-3H3. The van der Waals surface area contributed by atoms with E-state index in [1.807, 2.05) is 0 Å². The summed E-state index contributed by atoms with van der Waals surface area (Å²) >= 11 is 0. The van der Waals surface area contributed by atoms with Crippen LogP contribution in [0.1, 0.15) is 297 Å². The zero-order chi connectivity index (χ0) is 34.0. The largest absolute Gasteiger partial charge is 0.0654 e. The molecular formula is C47H96. The predicted octanol–water partition coefficient (Wildman–Crippen LogP) is 18.4. The smallest absolute Gasteiger partial charge is 0.0417 e. The van der Waals surface area contributed by atoms with Crippen LogP contribution in [0.25, 0.3) is 0 Å². The van der Waals surface area contributed by atoms with E-state index in [0.29, 0.717) is 0 Å². The summed E-state index contributed by atoms with van der Waals surface area (Å²) in [5, 5.41) is 0. The highest BCUT2D eigenvalue weighted by atomic mass is 14.1. The first-order valence-electron chi connectivity index (χ1n) is 23.3. The van der Waals surface area contributed by atoms with Gasteiger partial charge < -0.3 is 0 Å². The molecular weight excluding hydrogens is 565 g/mol. The Morgan fingerprint density at radius 3 is 0.489 bits per heavy atom. The first kappa shape index (κ1) is 47.0. The van der Waals surface area contributed by atoms with Crippen LogP contribution < -0.4 is 0 Å². The predicted molar refractivity (Wildman–Crippen MR) is 219 cm³/mol. The molecule has 0 radical (unpaired) electrons. The van der Waals surface area contributed by atoms with Gasteiger partial charge in [-0.15, -0.1) is 0 Å². The summed E-state index contributed by atoms with van der Waals surface area (Å²) in [6, 6.07) is 0. The van der Waals surface area contributed by atoms with Crippen molar-refractivity contribution in [3.63, 3.8) is 0 Å². The topological polar surface area (TPSA) is 0 Å². The van der Waals surface area contributed by atoms with Crippen molar-refractivity contribution in [1.29, 1.82) is 0 Å². The van der Waals surface area contributed by atoms with E-state index in [2.05, 4.69) is 20.8 Å². The number of hydrogen-bond acceptors (Lipinski definition) is 0. The maximum absolute atomic E-state index is 2.44. The van der Waals surface area contributed by atoms with E-state index >= 15 is 0 Å². The Kier molecular flexibility index (Phi) is 44.0. The zero-order valence-electron chi connectivity index (χ0n) is 34.0. The normalized spacial score (nSPS) is 12.3. The molecule has 0 nitrogen and oxygen atoms in total. The number of unbranched alkanes of at least 4 members (excludes halogenated alkanes) is 38. The highest BCUT2D eigenvalue weighted by Gasteiger charge is 2.06. The van der Waals surface area contributed by atoms with Crippen LogP contribution in [-0.2, 0) is 0 Å². The molecule has 47 heavy (non-hydrogen) atoms. The first-order valence-corrected chi connectivity index (χ1v) is 23.3. The van der Waals surface area contributed by atoms with Gasteiger partial charge >= 0.3 is 0 Å². The summed E-state index contributed by atoms with van der Waals surface area (Å²) in [5.74, 6) is 1.02. The average molecular weight is 661 g/mol. The molecule has 1 unspecified atom stereocenters. The Morgan fingerprint density at radius 1 is 0.191 bits per heavy atom. The fraction of sp³-hybridized carbons (Fsp3) is 1.00. The molecule has 0 N–H and O–H groups in total. The fourth-order valence-electron chi connectivity index (χ4n) is 7.93. The molecule has 0 bridgehead atoms. The van der Waals surface area contributed by atoms with E-state index in [0.717, 1.165) is 5.92 Å². The molecule has 0 heterocycles. The van der Waals surface area contributed by atoms with Crippen LogP contribution in [0, 0.1) is 5.92 Å². The van der Waals surface area contributed by atoms with Gasteiger partial charge in [-0.25, -0.2) is 0 Å². The third-order valence-corrected chi connectivity index (χ3v) is 11.5. The van der Waals surface area contributed by atoms with Crippen molar-refractivity contribution in [3.8, 4) is 0 Å². The molecule has 0 aliphatic rings. The SMILES string of the molecule is CCCCCCCCCCCCCCCCCCCCCCCCCC(CC)CCCCCCCCCCCCCCCCCCC. The third kappa shape index (κ3) is 42.1. The van der Waals surface area contributed by atoms with Crippen LogP contribution in [0.3, 0.4) is 0 Å². The lowest BCUT2D eigenvalue weighted by molar-refractivity contribution is 0.392. The van der Waals surface area contributed by atoms with Gasteiger partial charge in [-0.2, -0.15) is 0 Å². The lowest BCUT2D eigenvalue weighted by atomic mass is 9.92. The van der Waals surface area contributed by atoms with E-state index in [-0.39, 0.29) is 0 Å². The van der Waals surface area contributed by atoms with E-state index in [1.165, 1.54) is 276 Å². The van der Waals surface area contributed by atoms with Gasteiger partial charge in [0.15, 0.2) is 0 Å². The van der Waals surface area contributed by atoms with Crippen LogP contribution in [-0.4, -0.2) is 0 Å². The van der Waals surface area contributed by atoms with Crippen LogP contribution in [0.2, 0.25) is 0 Å². The second-order valence-electron chi connectivity index (χ2n) is 16.3. The molecule has 0 saturated heterocycles. The molecule has 0 saturated carbocycles. The zero-order valence-corrected chi connectivity index (χ0v) is 34.0. The fourth-order valence-corrected chi connectivity index (χ4v) is 7.93. The summed E-state index contributed by atoms with van der Waals surface area (Å²) in [5.41, 5.74) is 0. The van der Waals surface area contributed by atoms with Crippen LogP contribution >= 0.6 is 0 Å². The second kappa shape index (κ2) is 44.0. The van der Waals surface area contributed by atoms with Gasteiger partial charge in [0, 0.05) is 0 Å².